The third-order valence-electron chi connectivity index (χ3n) is 3.45. The number of guanidine groups is 1. The summed E-state index contributed by atoms with van der Waals surface area (Å²) in [5, 5.41) is 12.7. The van der Waals surface area contributed by atoms with E-state index in [1.807, 2.05) is 0 Å². The number of para-hydroxylation sites is 2. The lowest BCUT2D eigenvalue weighted by Crippen LogP contribution is -2.31. The summed E-state index contributed by atoms with van der Waals surface area (Å²) in [6.07, 6.45) is -1.62. The molecule has 0 amide bonds. The molecule has 1 fully saturated rings. The topological polar surface area (TPSA) is 79.9 Å². The van der Waals surface area contributed by atoms with Crippen LogP contribution in [0.5, 0.6) is 5.75 Å². The molecule has 0 radical (unpaired) electrons. The number of aliphatic imine (C=N–C) groups is 1. The van der Waals surface area contributed by atoms with Gasteiger partial charge in [-0.05, 0) is 25.0 Å². The van der Waals surface area contributed by atoms with Crippen LogP contribution in [0, 0.1) is 0 Å². The molecular formula is C14H18F3N3O2. The second-order valence-corrected chi connectivity index (χ2v) is 5.30. The van der Waals surface area contributed by atoms with Gasteiger partial charge in [0, 0.05) is 0 Å². The van der Waals surface area contributed by atoms with Crippen molar-refractivity contribution >= 4 is 11.6 Å². The number of nitrogens with zero attached hydrogens (tertiary/aromatic N) is 1. The summed E-state index contributed by atoms with van der Waals surface area (Å²) in [4.78, 5) is 4.01. The average Bonchev–Trinajstić information content (AvgIpc) is 2.85. The largest absolute Gasteiger partial charge is 0.573 e. The molecule has 0 atom stereocenters. The number of hydrogen-bond donors (Lipinski definition) is 3. The number of alkyl halides is 3. The molecule has 0 heterocycles. The van der Waals surface area contributed by atoms with Crippen molar-refractivity contribution in [1.29, 1.82) is 0 Å². The summed E-state index contributed by atoms with van der Waals surface area (Å²) in [7, 11) is 0. The minimum Gasteiger partial charge on any atom is -0.404 e. The van der Waals surface area contributed by atoms with Crippen LogP contribution in [-0.4, -0.2) is 29.6 Å². The van der Waals surface area contributed by atoms with Crippen molar-refractivity contribution in [2.24, 2.45) is 10.7 Å². The van der Waals surface area contributed by atoms with Crippen LogP contribution in [0.4, 0.5) is 18.9 Å². The minimum atomic E-state index is -4.79. The molecule has 0 aliphatic heterocycles. The molecule has 122 valence electrons. The first-order valence-corrected chi connectivity index (χ1v) is 6.92. The van der Waals surface area contributed by atoms with E-state index in [4.69, 9.17) is 5.73 Å². The number of aliphatic hydroxyl groups is 1. The SMILES string of the molecule is NC(=NCC1(O)CCCC1)Nc1ccccc1OC(F)(F)F. The Morgan fingerprint density at radius 3 is 2.59 bits per heavy atom. The van der Waals surface area contributed by atoms with Crippen LogP contribution in [0.3, 0.4) is 0 Å². The van der Waals surface area contributed by atoms with Crippen molar-refractivity contribution in [2.75, 3.05) is 11.9 Å². The van der Waals surface area contributed by atoms with Crippen molar-refractivity contribution in [1.82, 2.24) is 0 Å². The number of halogens is 3. The van der Waals surface area contributed by atoms with Gasteiger partial charge in [0.15, 0.2) is 11.7 Å². The fourth-order valence-electron chi connectivity index (χ4n) is 2.38. The maximum absolute atomic E-state index is 12.3. The van der Waals surface area contributed by atoms with Crippen LogP contribution in [0.15, 0.2) is 29.3 Å². The highest BCUT2D eigenvalue weighted by Crippen LogP contribution is 2.31. The van der Waals surface area contributed by atoms with Crippen molar-refractivity contribution < 1.29 is 23.0 Å². The lowest BCUT2D eigenvalue weighted by atomic mass is 10.0. The van der Waals surface area contributed by atoms with Crippen molar-refractivity contribution in [3.05, 3.63) is 24.3 Å². The maximum atomic E-state index is 12.3. The minimum absolute atomic E-state index is 0.0551. The van der Waals surface area contributed by atoms with Crippen molar-refractivity contribution in [2.45, 2.75) is 37.6 Å². The summed E-state index contributed by atoms with van der Waals surface area (Å²) in [5.41, 5.74) is 4.85. The van der Waals surface area contributed by atoms with Gasteiger partial charge < -0.3 is 20.9 Å². The molecule has 0 aromatic heterocycles. The molecule has 22 heavy (non-hydrogen) atoms. The zero-order valence-corrected chi connectivity index (χ0v) is 11.9. The molecule has 0 bridgehead atoms. The Hall–Kier alpha value is -1.96. The van der Waals surface area contributed by atoms with E-state index in [2.05, 4.69) is 15.0 Å². The zero-order valence-electron chi connectivity index (χ0n) is 11.9. The Bertz CT molecular complexity index is 540. The third kappa shape index (κ3) is 4.80. The van der Waals surface area contributed by atoms with Gasteiger partial charge in [-0.2, -0.15) is 0 Å². The van der Waals surface area contributed by atoms with Gasteiger partial charge in [-0.1, -0.05) is 25.0 Å². The Labute approximate surface area is 126 Å². The number of nitrogens with one attached hydrogen (secondary N) is 1. The van der Waals surface area contributed by atoms with Crippen molar-refractivity contribution in [3.63, 3.8) is 0 Å². The van der Waals surface area contributed by atoms with Gasteiger partial charge in [0.2, 0.25) is 0 Å². The smallest absolute Gasteiger partial charge is 0.404 e. The van der Waals surface area contributed by atoms with E-state index in [0.29, 0.717) is 12.8 Å². The van der Waals surface area contributed by atoms with Gasteiger partial charge >= 0.3 is 6.36 Å². The molecule has 1 saturated carbocycles. The van der Waals surface area contributed by atoms with Crippen LogP contribution < -0.4 is 15.8 Å². The first kappa shape index (κ1) is 16.4. The summed E-state index contributed by atoms with van der Waals surface area (Å²) in [5.74, 6) is -0.466. The first-order chi connectivity index (χ1) is 10.3. The van der Waals surface area contributed by atoms with Crippen LogP contribution in [-0.2, 0) is 0 Å². The molecule has 0 unspecified atom stereocenters. The molecule has 5 nitrogen and oxygen atoms in total. The maximum Gasteiger partial charge on any atom is 0.573 e. The molecule has 1 aliphatic rings. The molecule has 0 saturated heterocycles. The Balaban J connectivity index is 2.03. The number of anilines is 1. The van der Waals surface area contributed by atoms with E-state index in [0.717, 1.165) is 12.8 Å². The van der Waals surface area contributed by atoms with E-state index in [9.17, 15) is 18.3 Å². The zero-order chi connectivity index (χ0) is 16.2. The first-order valence-electron chi connectivity index (χ1n) is 6.92. The molecule has 1 aromatic carbocycles. The second-order valence-electron chi connectivity index (χ2n) is 5.30. The summed E-state index contributed by atoms with van der Waals surface area (Å²) < 4.78 is 40.9. The molecule has 0 spiro atoms. The standard InChI is InChI=1S/C14H18F3N3O2/c15-14(16,17)22-11-6-2-1-5-10(11)20-12(18)19-9-13(21)7-3-4-8-13/h1-2,5-6,21H,3-4,7-9H2,(H3,18,19,20). The lowest BCUT2D eigenvalue weighted by Gasteiger charge is -2.19. The summed E-state index contributed by atoms with van der Waals surface area (Å²) in [6, 6.07) is 5.53. The highest BCUT2D eigenvalue weighted by atomic mass is 19.4. The van der Waals surface area contributed by atoms with E-state index in [1.165, 1.54) is 18.2 Å². The lowest BCUT2D eigenvalue weighted by molar-refractivity contribution is -0.274. The van der Waals surface area contributed by atoms with E-state index >= 15 is 0 Å². The monoisotopic (exact) mass is 317 g/mol. The Kier molecular flexibility index (Phi) is 4.80. The molecule has 8 heteroatoms. The fraction of sp³-hybridized carbons (Fsp3) is 0.500. The number of ether oxygens (including phenoxy) is 1. The van der Waals surface area contributed by atoms with Gasteiger partial charge in [0.1, 0.15) is 0 Å². The van der Waals surface area contributed by atoms with Crippen LogP contribution in [0.25, 0.3) is 0 Å². The number of hydrogen-bond acceptors (Lipinski definition) is 3. The Morgan fingerprint density at radius 1 is 1.32 bits per heavy atom. The van der Waals surface area contributed by atoms with Gasteiger partial charge in [-0.15, -0.1) is 13.2 Å². The average molecular weight is 317 g/mol. The molecule has 1 aromatic rings. The second kappa shape index (κ2) is 6.43. The van der Waals surface area contributed by atoms with Crippen LogP contribution in [0.1, 0.15) is 25.7 Å². The van der Waals surface area contributed by atoms with Crippen LogP contribution in [0.2, 0.25) is 0 Å². The fourth-order valence-corrected chi connectivity index (χ4v) is 2.38. The van der Waals surface area contributed by atoms with Gasteiger partial charge in [-0.25, -0.2) is 0 Å². The number of rotatable bonds is 4. The number of benzene rings is 1. The van der Waals surface area contributed by atoms with Gasteiger partial charge in [0.25, 0.3) is 0 Å². The third-order valence-corrected chi connectivity index (χ3v) is 3.45. The molecular weight excluding hydrogens is 299 g/mol. The summed E-state index contributed by atoms with van der Waals surface area (Å²) in [6.45, 7) is 0.119. The van der Waals surface area contributed by atoms with E-state index in [1.54, 1.807) is 6.07 Å². The highest BCUT2D eigenvalue weighted by Gasteiger charge is 2.32. The predicted molar refractivity (Wildman–Crippen MR) is 76.7 cm³/mol. The molecule has 2 rings (SSSR count). The molecule has 4 N–H and O–H groups in total. The van der Waals surface area contributed by atoms with Gasteiger partial charge in [0.05, 0.1) is 17.8 Å². The van der Waals surface area contributed by atoms with Gasteiger partial charge in [-0.3, -0.25) is 4.99 Å². The Morgan fingerprint density at radius 2 is 1.95 bits per heavy atom. The molecule has 1 aliphatic carbocycles. The highest BCUT2D eigenvalue weighted by molar-refractivity contribution is 5.93. The van der Waals surface area contributed by atoms with Crippen molar-refractivity contribution in [3.8, 4) is 5.75 Å². The summed E-state index contributed by atoms with van der Waals surface area (Å²) >= 11 is 0. The van der Waals surface area contributed by atoms with E-state index < -0.39 is 17.7 Å². The predicted octanol–water partition coefficient (Wildman–Crippen LogP) is 2.62. The van der Waals surface area contributed by atoms with Crippen LogP contribution >= 0.6 is 0 Å². The normalized spacial score (nSPS) is 18.3. The number of nitrogens with two attached hydrogens (primary N) is 1. The quantitative estimate of drug-likeness (QED) is 0.589. The van der Waals surface area contributed by atoms with E-state index in [-0.39, 0.29) is 18.2 Å².